The summed E-state index contributed by atoms with van der Waals surface area (Å²) in [4.78, 5) is 21.2. The summed E-state index contributed by atoms with van der Waals surface area (Å²) in [6.45, 7) is 3.15. The maximum absolute atomic E-state index is 12.6. The molecule has 2 aliphatic heterocycles. The van der Waals surface area contributed by atoms with Gasteiger partial charge in [0.2, 0.25) is 5.91 Å². The lowest BCUT2D eigenvalue weighted by Gasteiger charge is -2.20. The lowest BCUT2D eigenvalue weighted by atomic mass is 10.1. The molecule has 25 heavy (non-hydrogen) atoms. The average molecular weight is 335 g/mol. The number of rotatable bonds is 5. The minimum Gasteiger partial charge on any atom is -0.372 e. The number of amides is 1. The first-order valence-electron chi connectivity index (χ1n) is 9.38. The van der Waals surface area contributed by atoms with Crippen LogP contribution in [0.15, 0.2) is 42.7 Å². The smallest absolute Gasteiger partial charge is 0.227 e. The molecule has 1 aromatic carbocycles. The van der Waals surface area contributed by atoms with Crippen LogP contribution in [-0.2, 0) is 17.6 Å². The van der Waals surface area contributed by atoms with E-state index >= 15 is 0 Å². The van der Waals surface area contributed by atoms with Crippen molar-refractivity contribution in [1.29, 1.82) is 0 Å². The van der Waals surface area contributed by atoms with E-state index < -0.39 is 0 Å². The maximum atomic E-state index is 12.6. The number of anilines is 2. The van der Waals surface area contributed by atoms with Gasteiger partial charge in [-0.25, -0.2) is 0 Å². The summed E-state index contributed by atoms with van der Waals surface area (Å²) in [5.74, 6) is 0.247. The number of aromatic nitrogens is 1. The van der Waals surface area contributed by atoms with E-state index in [4.69, 9.17) is 0 Å². The average Bonchev–Trinajstić information content (AvgIpc) is 3.32. The van der Waals surface area contributed by atoms with Crippen molar-refractivity contribution < 1.29 is 4.79 Å². The van der Waals surface area contributed by atoms with Crippen molar-refractivity contribution in [2.45, 2.75) is 38.5 Å². The summed E-state index contributed by atoms with van der Waals surface area (Å²) < 4.78 is 0. The van der Waals surface area contributed by atoms with Gasteiger partial charge in [-0.3, -0.25) is 9.78 Å². The lowest BCUT2D eigenvalue weighted by Crippen LogP contribution is -2.28. The fourth-order valence-electron chi connectivity index (χ4n) is 3.94. The Morgan fingerprint density at radius 1 is 1.12 bits per heavy atom. The van der Waals surface area contributed by atoms with Gasteiger partial charge >= 0.3 is 0 Å². The summed E-state index contributed by atoms with van der Waals surface area (Å²) in [6, 6.07) is 10.7. The SMILES string of the molecule is O=C(CCCc1cccnc1)N1CCc2cc(N3CCCC3)ccc21. The number of hydrogen-bond donors (Lipinski definition) is 0. The predicted molar refractivity (Wildman–Crippen MR) is 101 cm³/mol. The van der Waals surface area contributed by atoms with E-state index in [0.717, 1.165) is 44.6 Å². The van der Waals surface area contributed by atoms with Crippen molar-refractivity contribution in [3.63, 3.8) is 0 Å². The van der Waals surface area contributed by atoms with E-state index in [1.165, 1.54) is 29.7 Å². The van der Waals surface area contributed by atoms with E-state index in [9.17, 15) is 4.79 Å². The van der Waals surface area contributed by atoms with Crippen LogP contribution in [0, 0.1) is 0 Å². The van der Waals surface area contributed by atoms with Crippen molar-refractivity contribution in [1.82, 2.24) is 4.98 Å². The van der Waals surface area contributed by atoms with Crippen LogP contribution in [0.25, 0.3) is 0 Å². The first-order chi connectivity index (χ1) is 12.3. The quantitative estimate of drug-likeness (QED) is 0.838. The van der Waals surface area contributed by atoms with Crippen LogP contribution in [0.4, 0.5) is 11.4 Å². The molecule has 2 aliphatic rings. The Hall–Kier alpha value is -2.36. The number of pyridine rings is 1. The summed E-state index contributed by atoms with van der Waals surface area (Å²) in [7, 11) is 0. The number of carbonyl (C=O) groups is 1. The molecule has 0 N–H and O–H groups in total. The van der Waals surface area contributed by atoms with Crippen molar-refractivity contribution >= 4 is 17.3 Å². The zero-order valence-corrected chi connectivity index (χ0v) is 14.7. The molecule has 0 spiro atoms. The third-order valence-electron chi connectivity index (χ3n) is 5.31. The highest BCUT2D eigenvalue weighted by Crippen LogP contribution is 2.33. The number of carbonyl (C=O) groups excluding carboxylic acids is 1. The zero-order valence-electron chi connectivity index (χ0n) is 14.7. The van der Waals surface area contributed by atoms with Crippen LogP contribution < -0.4 is 9.80 Å². The van der Waals surface area contributed by atoms with E-state index in [-0.39, 0.29) is 5.91 Å². The second-order valence-electron chi connectivity index (χ2n) is 7.02. The van der Waals surface area contributed by atoms with Crippen LogP contribution in [0.5, 0.6) is 0 Å². The van der Waals surface area contributed by atoms with Gasteiger partial charge in [0, 0.05) is 49.8 Å². The Balaban J connectivity index is 1.37. The Labute approximate surface area is 149 Å². The first kappa shape index (κ1) is 16.1. The van der Waals surface area contributed by atoms with Gasteiger partial charge < -0.3 is 9.80 Å². The van der Waals surface area contributed by atoms with E-state index in [1.54, 1.807) is 6.20 Å². The van der Waals surface area contributed by atoms with Crippen molar-refractivity contribution in [3.8, 4) is 0 Å². The summed E-state index contributed by atoms with van der Waals surface area (Å²) in [6.07, 6.45) is 9.61. The number of aryl methyl sites for hydroxylation is 1. The summed E-state index contributed by atoms with van der Waals surface area (Å²) in [5, 5.41) is 0. The largest absolute Gasteiger partial charge is 0.372 e. The minimum atomic E-state index is 0.247. The summed E-state index contributed by atoms with van der Waals surface area (Å²) in [5.41, 5.74) is 4.97. The van der Waals surface area contributed by atoms with Crippen LogP contribution in [-0.4, -0.2) is 30.5 Å². The molecule has 4 nitrogen and oxygen atoms in total. The van der Waals surface area contributed by atoms with Crippen LogP contribution in [0.3, 0.4) is 0 Å². The highest BCUT2D eigenvalue weighted by molar-refractivity contribution is 5.95. The van der Waals surface area contributed by atoms with Crippen molar-refractivity contribution in [2.24, 2.45) is 0 Å². The first-order valence-corrected chi connectivity index (χ1v) is 9.38. The standard InChI is InChI=1S/C21H25N3O/c25-21(7-3-5-17-6-4-11-22-16-17)24-14-10-18-15-19(8-9-20(18)24)23-12-1-2-13-23/h4,6,8-9,11,15-16H,1-3,5,7,10,12-14H2. The normalized spacial score (nSPS) is 16.3. The molecule has 0 unspecified atom stereocenters. The minimum absolute atomic E-state index is 0.247. The molecule has 1 aromatic heterocycles. The van der Waals surface area contributed by atoms with E-state index in [2.05, 4.69) is 34.1 Å². The molecule has 0 saturated carbocycles. The predicted octanol–water partition coefficient (Wildman–Crippen LogP) is 3.59. The van der Waals surface area contributed by atoms with E-state index in [0.29, 0.717) is 6.42 Å². The molecule has 0 aliphatic carbocycles. The fraction of sp³-hybridized carbons (Fsp3) is 0.429. The Morgan fingerprint density at radius 2 is 2.00 bits per heavy atom. The van der Waals surface area contributed by atoms with Gasteiger partial charge in [-0.05, 0) is 67.5 Å². The Morgan fingerprint density at radius 3 is 2.80 bits per heavy atom. The fourth-order valence-corrected chi connectivity index (χ4v) is 3.94. The zero-order chi connectivity index (χ0) is 17.1. The van der Waals surface area contributed by atoms with E-state index in [1.807, 2.05) is 17.2 Å². The van der Waals surface area contributed by atoms with Crippen LogP contribution in [0.2, 0.25) is 0 Å². The molecule has 1 amide bonds. The maximum Gasteiger partial charge on any atom is 0.227 e. The van der Waals surface area contributed by atoms with Gasteiger partial charge in [0.05, 0.1) is 0 Å². The number of nitrogens with zero attached hydrogens (tertiary/aromatic N) is 3. The highest BCUT2D eigenvalue weighted by atomic mass is 16.2. The van der Waals surface area contributed by atoms with Crippen LogP contribution >= 0.6 is 0 Å². The molecular weight excluding hydrogens is 310 g/mol. The number of fused-ring (bicyclic) bond motifs is 1. The molecule has 0 bridgehead atoms. The molecule has 1 saturated heterocycles. The Kier molecular flexibility index (Phi) is 4.68. The van der Waals surface area contributed by atoms with Crippen molar-refractivity contribution in [3.05, 3.63) is 53.9 Å². The highest BCUT2D eigenvalue weighted by Gasteiger charge is 2.25. The molecule has 4 heteroatoms. The summed E-state index contributed by atoms with van der Waals surface area (Å²) >= 11 is 0. The molecule has 0 radical (unpaired) electrons. The number of benzene rings is 1. The topological polar surface area (TPSA) is 36.4 Å². The molecule has 1 fully saturated rings. The number of hydrogen-bond acceptors (Lipinski definition) is 3. The van der Waals surface area contributed by atoms with Gasteiger partial charge in [-0.1, -0.05) is 6.07 Å². The molecule has 130 valence electrons. The molecule has 2 aromatic rings. The molecule has 3 heterocycles. The van der Waals surface area contributed by atoms with Gasteiger partial charge in [0.1, 0.15) is 0 Å². The van der Waals surface area contributed by atoms with Gasteiger partial charge in [-0.2, -0.15) is 0 Å². The Bertz CT molecular complexity index is 738. The molecule has 4 rings (SSSR count). The van der Waals surface area contributed by atoms with Gasteiger partial charge in [0.15, 0.2) is 0 Å². The molecular formula is C21H25N3O. The third kappa shape index (κ3) is 3.53. The van der Waals surface area contributed by atoms with Crippen molar-refractivity contribution in [2.75, 3.05) is 29.4 Å². The van der Waals surface area contributed by atoms with Crippen LogP contribution in [0.1, 0.15) is 36.8 Å². The molecule has 0 atom stereocenters. The second kappa shape index (κ2) is 7.26. The van der Waals surface area contributed by atoms with Gasteiger partial charge in [-0.15, -0.1) is 0 Å². The van der Waals surface area contributed by atoms with Gasteiger partial charge in [0.25, 0.3) is 0 Å². The lowest BCUT2D eigenvalue weighted by molar-refractivity contribution is -0.118. The second-order valence-corrected chi connectivity index (χ2v) is 7.02. The third-order valence-corrected chi connectivity index (χ3v) is 5.31. The monoisotopic (exact) mass is 335 g/mol.